The first-order chi connectivity index (χ1) is 12.5. The molecule has 3 aromatic rings. The number of nitrogens with zero attached hydrogens (tertiary/aromatic N) is 1. The average Bonchev–Trinajstić information content (AvgIpc) is 3.12. The minimum Gasteiger partial charge on any atom is -0.481 e. The number of aromatic nitrogens is 1. The molecule has 7 heteroatoms. The summed E-state index contributed by atoms with van der Waals surface area (Å²) in [6, 6.07) is 15.7. The third-order valence-corrected chi connectivity index (χ3v) is 4.96. The standard InChI is InChI=1S/C19H15ClN2O3S/c20-14-9-5-4-8-13(14)15(10-17(23)24)21-18(25)16-11-26-19(22-16)12-6-2-1-3-7-12/h1-9,11,15H,10H2,(H,21,25)(H,23,24)/t15-/m0/s1. The van der Waals surface area contributed by atoms with Crippen LogP contribution in [0.2, 0.25) is 5.02 Å². The van der Waals surface area contributed by atoms with E-state index in [9.17, 15) is 9.59 Å². The number of carboxylic acid groups (broad SMARTS) is 1. The molecule has 0 fully saturated rings. The minimum atomic E-state index is -1.03. The number of carbonyl (C=O) groups excluding carboxylic acids is 1. The summed E-state index contributed by atoms with van der Waals surface area (Å²) in [6.45, 7) is 0. The highest BCUT2D eigenvalue weighted by molar-refractivity contribution is 7.13. The molecule has 0 bridgehead atoms. The van der Waals surface area contributed by atoms with E-state index in [1.165, 1.54) is 11.3 Å². The first-order valence-corrected chi connectivity index (χ1v) is 9.08. The van der Waals surface area contributed by atoms with Crippen LogP contribution in [0.5, 0.6) is 0 Å². The molecule has 0 aliphatic carbocycles. The van der Waals surface area contributed by atoms with Gasteiger partial charge in [0, 0.05) is 16.0 Å². The Morgan fingerprint density at radius 3 is 2.50 bits per heavy atom. The van der Waals surface area contributed by atoms with Gasteiger partial charge in [0.05, 0.1) is 12.5 Å². The van der Waals surface area contributed by atoms with Crippen molar-refractivity contribution in [3.05, 3.63) is 76.3 Å². The lowest BCUT2D eigenvalue weighted by Crippen LogP contribution is -2.30. The normalized spacial score (nSPS) is 11.7. The van der Waals surface area contributed by atoms with Gasteiger partial charge in [-0.2, -0.15) is 0 Å². The van der Waals surface area contributed by atoms with Gasteiger partial charge in [-0.3, -0.25) is 9.59 Å². The number of benzene rings is 2. The number of aliphatic carboxylic acids is 1. The molecule has 0 aliphatic heterocycles. The van der Waals surface area contributed by atoms with Crippen molar-refractivity contribution in [3.63, 3.8) is 0 Å². The van der Waals surface area contributed by atoms with E-state index in [0.717, 1.165) is 10.6 Å². The topological polar surface area (TPSA) is 79.3 Å². The molecule has 26 heavy (non-hydrogen) atoms. The second-order valence-electron chi connectivity index (χ2n) is 5.55. The number of halogens is 1. The highest BCUT2D eigenvalue weighted by Gasteiger charge is 2.22. The monoisotopic (exact) mass is 386 g/mol. The van der Waals surface area contributed by atoms with Crippen LogP contribution in [0, 0.1) is 0 Å². The molecule has 2 N–H and O–H groups in total. The predicted molar refractivity (Wildman–Crippen MR) is 101 cm³/mol. The molecular weight excluding hydrogens is 372 g/mol. The summed E-state index contributed by atoms with van der Waals surface area (Å²) in [5.74, 6) is -1.46. The lowest BCUT2D eigenvalue weighted by Gasteiger charge is -2.18. The fraction of sp³-hybridized carbons (Fsp3) is 0.105. The van der Waals surface area contributed by atoms with Crippen molar-refractivity contribution in [2.45, 2.75) is 12.5 Å². The third kappa shape index (κ3) is 4.28. The number of carbonyl (C=O) groups is 2. The van der Waals surface area contributed by atoms with E-state index in [-0.39, 0.29) is 12.1 Å². The van der Waals surface area contributed by atoms with Crippen molar-refractivity contribution >= 4 is 34.8 Å². The number of hydrogen-bond donors (Lipinski definition) is 2. The van der Waals surface area contributed by atoms with Gasteiger partial charge in [-0.05, 0) is 11.6 Å². The Morgan fingerprint density at radius 1 is 1.12 bits per heavy atom. The van der Waals surface area contributed by atoms with Gasteiger partial charge in [0.15, 0.2) is 0 Å². The molecule has 2 aromatic carbocycles. The van der Waals surface area contributed by atoms with Crippen molar-refractivity contribution in [2.24, 2.45) is 0 Å². The number of rotatable bonds is 6. The molecule has 3 rings (SSSR count). The Labute approximate surface area is 159 Å². The highest BCUT2D eigenvalue weighted by atomic mass is 35.5. The Bertz CT molecular complexity index is 927. The van der Waals surface area contributed by atoms with Gasteiger partial charge in [0.2, 0.25) is 0 Å². The Morgan fingerprint density at radius 2 is 1.81 bits per heavy atom. The summed E-state index contributed by atoms with van der Waals surface area (Å²) >= 11 is 7.51. The van der Waals surface area contributed by atoms with E-state index in [0.29, 0.717) is 10.6 Å². The number of carboxylic acids is 1. The molecule has 132 valence electrons. The lowest BCUT2D eigenvalue weighted by molar-refractivity contribution is -0.137. The molecule has 0 aliphatic rings. The third-order valence-electron chi connectivity index (χ3n) is 3.72. The van der Waals surface area contributed by atoms with Crippen LogP contribution < -0.4 is 5.32 Å². The molecule has 0 saturated carbocycles. The zero-order valence-corrected chi connectivity index (χ0v) is 15.1. The van der Waals surface area contributed by atoms with E-state index >= 15 is 0 Å². The fourth-order valence-electron chi connectivity index (χ4n) is 2.49. The average molecular weight is 387 g/mol. The highest BCUT2D eigenvalue weighted by Crippen LogP contribution is 2.27. The van der Waals surface area contributed by atoms with Gasteiger partial charge in [-0.15, -0.1) is 11.3 Å². The van der Waals surface area contributed by atoms with E-state index in [2.05, 4.69) is 10.3 Å². The zero-order valence-electron chi connectivity index (χ0n) is 13.6. The van der Waals surface area contributed by atoms with Crippen molar-refractivity contribution in [3.8, 4) is 10.6 Å². The molecule has 1 aromatic heterocycles. The van der Waals surface area contributed by atoms with Crippen LogP contribution in [0.15, 0.2) is 60.0 Å². The Kier molecular flexibility index (Phi) is 5.65. The first kappa shape index (κ1) is 18.1. The Balaban J connectivity index is 1.81. The molecular formula is C19H15ClN2O3S. The minimum absolute atomic E-state index is 0.247. The van der Waals surface area contributed by atoms with Crippen molar-refractivity contribution in [1.82, 2.24) is 10.3 Å². The van der Waals surface area contributed by atoms with Gasteiger partial charge in [0.1, 0.15) is 10.7 Å². The van der Waals surface area contributed by atoms with Crippen molar-refractivity contribution in [1.29, 1.82) is 0 Å². The molecule has 0 saturated heterocycles. The summed E-state index contributed by atoms with van der Waals surface area (Å²) in [5, 5.41) is 14.7. The van der Waals surface area contributed by atoms with Gasteiger partial charge in [-0.25, -0.2) is 4.98 Å². The van der Waals surface area contributed by atoms with E-state index in [1.54, 1.807) is 29.6 Å². The molecule has 1 heterocycles. The number of nitrogens with one attached hydrogen (secondary N) is 1. The number of amides is 1. The van der Waals surface area contributed by atoms with Crippen LogP contribution in [-0.2, 0) is 4.79 Å². The van der Waals surface area contributed by atoms with E-state index < -0.39 is 17.9 Å². The van der Waals surface area contributed by atoms with Crippen molar-refractivity contribution in [2.75, 3.05) is 0 Å². The maximum absolute atomic E-state index is 12.6. The molecule has 1 amide bonds. The van der Waals surface area contributed by atoms with Crippen LogP contribution in [0.4, 0.5) is 0 Å². The largest absolute Gasteiger partial charge is 0.481 e. The molecule has 0 spiro atoms. The first-order valence-electron chi connectivity index (χ1n) is 7.82. The number of hydrogen-bond acceptors (Lipinski definition) is 4. The molecule has 5 nitrogen and oxygen atoms in total. The van der Waals surface area contributed by atoms with Gasteiger partial charge in [-0.1, -0.05) is 60.1 Å². The van der Waals surface area contributed by atoms with E-state index in [1.807, 2.05) is 30.3 Å². The second kappa shape index (κ2) is 8.12. The SMILES string of the molecule is O=C(O)C[C@H](NC(=O)c1csc(-c2ccccc2)n1)c1ccccc1Cl. The van der Waals surface area contributed by atoms with Crippen LogP contribution in [0.25, 0.3) is 10.6 Å². The molecule has 0 radical (unpaired) electrons. The number of thiazole rings is 1. The maximum Gasteiger partial charge on any atom is 0.305 e. The van der Waals surface area contributed by atoms with Crippen LogP contribution in [0.3, 0.4) is 0 Å². The smallest absolute Gasteiger partial charge is 0.305 e. The Hall–Kier alpha value is -2.70. The zero-order chi connectivity index (χ0) is 18.5. The maximum atomic E-state index is 12.6. The summed E-state index contributed by atoms with van der Waals surface area (Å²) in [6.07, 6.45) is -0.273. The van der Waals surface area contributed by atoms with Crippen LogP contribution >= 0.6 is 22.9 Å². The van der Waals surface area contributed by atoms with Gasteiger partial charge in [0.25, 0.3) is 5.91 Å². The summed E-state index contributed by atoms with van der Waals surface area (Å²) in [5.41, 5.74) is 1.73. The fourth-order valence-corrected chi connectivity index (χ4v) is 3.57. The van der Waals surface area contributed by atoms with Crippen LogP contribution in [-0.4, -0.2) is 22.0 Å². The summed E-state index contributed by atoms with van der Waals surface area (Å²) in [4.78, 5) is 28.1. The van der Waals surface area contributed by atoms with Crippen LogP contribution in [0.1, 0.15) is 28.5 Å². The van der Waals surface area contributed by atoms with Crippen molar-refractivity contribution < 1.29 is 14.7 Å². The molecule has 1 atom stereocenters. The molecule has 0 unspecified atom stereocenters. The second-order valence-corrected chi connectivity index (χ2v) is 6.81. The predicted octanol–water partition coefficient (Wildman–Crippen LogP) is 4.41. The summed E-state index contributed by atoms with van der Waals surface area (Å²) in [7, 11) is 0. The van der Waals surface area contributed by atoms with E-state index in [4.69, 9.17) is 16.7 Å². The quantitative estimate of drug-likeness (QED) is 0.657. The lowest BCUT2D eigenvalue weighted by atomic mass is 10.0. The van der Waals surface area contributed by atoms with Gasteiger partial charge < -0.3 is 10.4 Å². The van der Waals surface area contributed by atoms with Gasteiger partial charge >= 0.3 is 5.97 Å². The summed E-state index contributed by atoms with van der Waals surface area (Å²) < 4.78 is 0.